The number of carbonyl (C=O) groups is 1. The van der Waals surface area contributed by atoms with Crippen LogP contribution < -0.4 is 10.1 Å². The third-order valence-electron chi connectivity index (χ3n) is 3.25. The summed E-state index contributed by atoms with van der Waals surface area (Å²) in [7, 11) is 0. The number of aromatic nitrogens is 1. The Morgan fingerprint density at radius 1 is 1.36 bits per heavy atom. The van der Waals surface area contributed by atoms with Crippen molar-refractivity contribution in [2.24, 2.45) is 0 Å². The minimum atomic E-state index is -0.521. The van der Waals surface area contributed by atoms with Crippen LogP contribution in [0.4, 0.5) is 11.5 Å². The van der Waals surface area contributed by atoms with Crippen LogP contribution in [0.1, 0.15) is 18.4 Å². The van der Waals surface area contributed by atoms with Crippen LogP contribution >= 0.6 is 23.2 Å². The third-order valence-corrected chi connectivity index (χ3v) is 3.78. The fraction of sp³-hybridized carbons (Fsp3) is 0.250. The minimum absolute atomic E-state index is 0.0914. The Bertz CT molecular complexity index is 799. The van der Waals surface area contributed by atoms with Gasteiger partial charge in [-0.1, -0.05) is 23.2 Å². The zero-order valence-electron chi connectivity index (χ0n) is 13.3. The lowest BCUT2D eigenvalue weighted by atomic mass is 10.2. The van der Waals surface area contributed by atoms with E-state index in [2.05, 4.69) is 10.3 Å². The van der Waals surface area contributed by atoms with Crippen LogP contribution in [0.3, 0.4) is 0 Å². The van der Waals surface area contributed by atoms with Crippen molar-refractivity contribution in [2.45, 2.75) is 19.8 Å². The first kappa shape index (κ1) is 19.0. The molecular formula is C16H15Cl2N3O4. The summed E-state index contributed by atoms with van der Waals surface area (Å²) in [6, 6.07) is 6.36. The van der Waals surface area contributed by atoms with E-state index in [-0.39, 0.29) is 23.8 Å². The fourth-order valence-corrected chi connectivity index (χ4v) is 2.48. The van der Waals surface area contributed by atoms with Gasteiger partial charge in [-0.05, 0) is 37.6 Å². The monoisotopic (exact) mass is 383 g/mol. The molecule has 132 valence electrons. The molecule has 1 aromatic carbocycles. The van der Waals surface area contributed by atoms with Crippen molar-refractivity contribution in [3.05, 3.63) is 56.2 Å². The normalized spacial score (nSPS) is 10.4. The van der Waals surface area contributed by atoms with Crippen molar-refractivity contribution in [3.8, 4) is 5.75 Å². The highest BCUT2D eigenvalue weighted by molar-refractivity contribution is 6.35. The van der Waals surface area contributed by atoms with Gasteiger partial charge in [0.1, 0.15) is 17.8 Å². The van der Waals surface area contributed by atoms with Gasteiger partial charge in [-0.25, -0.2) is 4.98 Å². The first-order valence-electron chi connectivity index (χ1n) is 7.35. The van der Waals surface area contributed by atoms with Gasteiger partial charge in [-0.2, -0.15) is 0 Å². The number of nitrogens with zero attached hydrogens (tertiary/aromatic N) is 2. The van der Waals surface area contributed by atoms with Crippen LogP contribution in [0.15, 0.2) is 30.5 Å². The number of halogens is 2. The van der Waals surface area contributed by atoms with Crippen molar-refractivity contribution >= 4 is 40.6 Å². The number of rotatable bonds is 7. The number of aryl methyl sites for hydroxylation is 1. The van der Waals surface area contributed by atoms with E-state index >= 15 is 0 Å². The van der Waals surface area contributed by atoms with Crippen molar-refractivity contribution in [1.82, 2.24) is 4.98 Å². The summed E-state index contributed by atoms with van der Waals surface area (Å²) in [5.74, 6) is 0.514. The van der Waals surface area contributed by atoms with E-state index in [4.69, 9.17) is 27.9 Å². The number of nitro groups is 1. The van der Waals surface area contributed by atoms with Gasteiger partial charge < -0.3 is 10.1 Å². The number of carbonyl (C=O) groups excluding carboxylic acids is 1. The molecule has 1 heterocycles. The van der Waals surface area contributed by atoms with Crippen LogP contribution in [0, 0.1) is 17.0 Å². The lowest BCUT2D eigenvalue weighted by Gasteiger charge is -2.08. The van der Waals surface area contributed by atoms with E-state index in [1.54, 1.807) is 25.1 Å². The first-order chi connectivity index (χ1) is 11.9. The zero-order chi connectivity index (χ0) is 18.4. The van der Waals surface area contributed by atoms with Gasteiger partial charge in [-0.3, -0.25) is 14.9 Å². The summed E-state index contributed by atoms with van der Waals surface area (Å²) >= 11 is 11.8. The van der Waals surface area contributed by atoms with Gasteiger partial charge in [0.05, 0.1) is 16.6 Å². The molecule has 0 atom stereocenters. The summed E-state index contributed by atoms with van der Waals surface area (Å²) in [5.41, 5.74) is 0.335. The second kappa shape index (κ2) is 8.64. The molecular weight excluding hydrogens is 369 g/mol. The molecule has 0 aliphatic heterocycles. The fourth-order valence-electron chi connectivity index (χ4n) is 2.02. The molecule has 0 radical (unpaired) electrons. The average Bonchev–Trinajstić information content (AvgIpc) is 2.53. The smallest absolute Gasteiger partial charge is 0.290 e. The van der Waals surface area contributed by atoms with E-state index in [0.717, 1.165) is 6.20 Å². The van der Waals surface area contributed by atoms with Crippen LogP contribution in [0.2, 0.25) is 10.0 Å². The largest absolute Gasteiger partial charge is 0.492 e. The van der Waals surface area contributed by atoms with E-state index in [0.29, 0.717) is 34.4 Å². The Kier molecular flexibility index (Phi) is 6.55. The second-order valence-corrected chi connectivity index (χ2v) is 6.03. The quantitative estimate of drug-likeness (QED) is 0.434. The maximum Gasteiger partial charge on any atom is 0.290 e. The van der Waals surface area contributed by atoms with Gasteiger partial charge in [-0.15, -0.1) is 0 Å². The molecule has 0 aliphatic carbocycles. The standard InChI is InChI=1S/C16H15Cl2N3O4/c1-10-7-15(19-9-13(10)21(23)24)20-16(22)3-2-6-25-14-5-4-11(17)8-12(14)18/h4-5,7-9H,2-3,6H2,1H3,(H,19,20,22). The lowest BCUT2D eigenvalue weighted by molar-refractivity contribution is -0.385. The van der Waals surface area contributed by atoms with Gasteiger partial charge in [0.25, 0.3) is 5.69 Å². The van der Waals surface area contributed by atoms with E-state index in [9.17, 15) is 14.9 Å². The molecule has 1 aromatic heterocycles. The molecule has 0 spiro atoms. The highest BCUT2D eigenvalue weighted by Gasteiger charge is 2.12. The Labute approximate surface area is 154 Å². The molecule has 1 amide bonds. The maximum absolute atomic E-state index is 11.9. The Morgan fingerprint density at radius 2 is 2.12 bits per heavy atom. The molecule has 2 rings (SSSR count). The summed E-state index contributed by atoms with van der Waals surface area (Å²) in [4.78, 5) is 26.0. The van der Waals surface area contributed by atoms with E-state index in [1.165, 1.54) is 6.07 Å². The minimum Gasteiger partial charge on any atom is -0.492 e. The molecule has 0 bridgehead atoms. The molecule has 9 heteroatoms. The first-order valence-corrected chi connectivity index (χ1v) is 8.11. The van der Waals surface area contributed by atoms with Crippen LogP contribution in [0.25, 0.3) is 0 Å². The SMILES string of the molecule is Cc1cc(NC(=O)CCCOc2ccc(Cl)cc2Cl)ncc1[N+](=O)[O-]. The second-order valence-electron chi connectivity index (χ2n) is 5.19. The molecule has 7 nitrogen and oxygen atoms in total. The van der Waals surface area contributed by atoms with Gasteiger partial charge in [0, 0.05) is 17.0 Å². The van der Waals surface area contributed by atoms with Crippen molar-refractivity contribution < 1.29 is 14.5 Å². The summed E-state index contributed by atoms with van der Waals surface area (Å²) < 4.78 is 5.49. The summed E-state index contributed by atoms with van der Waals surface area (Å²) in [5, 5.41) is 14.3. The van der Waals surface area contributed by atoms with Gasteiger partial charge in [0.15, 0.2) is 0 Å². The van der Waals surface area contributed by atoms with Crippen molar-refractivity contribution in [2.75, 3.05) is 11.9 Å². The van der Waals surface area contributed by atoms with Gasteiger partial charge in [0.2, 0.25) is 5.91 Å². The number of nitrogens with one attached hydrogen (secondary N) is 1. The van der Waals surface area contributed by atoms with Crippen molar-refractivity contribution in [3.63, 3.8) is 0 Å². The summed E-state index contributed by atoms with van der Waals surface area (Å²) in [6.45, 7) is 1.89. The van der Waals surface area contributed by atoms with E-state index in [1.807, 2.05) is 0 Å². The lowest BCUT2D eigenvalue weighted by Crippen LogP contribution is -2.14. The topological polar surface area (TPSA) is 94.4 Å². The van der Waals surface area contributed by atoms with Gasteiger partial charge >= 0.3 is 0 Å². The Hall–Kier alpha value is -2.38. The Morgan fingerprint density at radius 3 is 2.76 bits per heavy atom. The summed E-state index contributed by atoms with van der Waals surface area (Å²) in [6.07, 6.45) is 1.80. The molecule has 0 saturated carbocycles. The number of anilines is 1. The number of amides is 1. The third kappa shape index (κ3) is 5.58. The van der Waals surface area contributed by atoms with Crippen LogP contribution in [-0.4, -0.2) is 22.4 Å². The highest BCUT2D eigenvalue weighted by atomic mass is 35.5. The molecule has 0 fully saturated rings. The zero-order valence-corrected chi connectivity index (χ0v) is 14.8. The van der Waals surface area contributed by atoms with E-state index < -0.39 is 4.92 Å². The van der Waals surface area contributed by atoms with Crippen LogP contribution in [0.5, 0.6) is 5.75 Å². The highest BCUT2D eigenvalue weighted by Crippen LogP contribution is 2.27. The predicted molar refractivity (Wildman–Crippen MR) is 95.4 cm³/mol. The number of pyridine rings is 1. The number of hydrogen-bond acceptors (Lipinski definition) is 5. The average molecular weight is 384 g/mol. The number of benzene rings is 1. The number of hydrogen-bond donors (Lipinski definition) is 1. The molecule has 0 unspecified atom stereocenters. The Balaban J connectivity index is 1.79. The number of ether oxygens (including phenoxy) is 1. The maximum atomic E-state index is 11.9. The molecule has 0 aliphatic rings. The molecule has 0 saturated heterocycles. The molecule has 2 aromatic rings. The predicted octanol–water partition coefficient (Wildman–Crippen LogP) is 4.40. The molecule has 1 N–H and O–H groups in total. The van der Waals surface area contributed by atoms with Crippen LogP contribution in [-0.2, 0) is 4.79 Å². The van der Waals surface area contributed by atoms with Crippen molar-refractivity contribution in [1.29, 1.82) is 0 Å². The molecule has 25 heavy (non-hydrogen) atoms.